The van der Waals surface area contributed by atoms with Gasteiger partial charge in [-0.1, -0.05) is 0 Å². The lowest BCUT2D eigenvalue weighted by atomic mass is 10.3. The monoisotopic (exact) mass is 227 g/mol. The molecule has 0 saturated carbocycles. The summed E-state index contributed by atoms with van der Waals surface area (Å²) in [6, 6.07) is 3.64. The highest BCUT2D eigenvalue weighted by molar-refractivity contribution is 9.10. The van der Waals surface area contributed by atoms with Crippen molar-refractivity contribution in [3.63, 3.8) is 0 Å². The number of hydrogen-bond acceptors (Lipinski definition) is 3. The summed E-state index contributed by atoms with van der Waals surface area (Å²) in [4.78, 5) is 4.02. The zero-order chi connectivity index (χ0) is 8.55. The zero-order valence-corrected chi connectivity index (χ0v) is 7.69. The Bertz CT molecular complexity index is 412. The number of aromatic nitrogens is 3. The minimum absolute atomic E-state index is 0.0346. The highest BCUT2D eigenvalue weighted by Crippen LogP contribution is 2.16. The van der Waals surface area contributed by atoms with Crippen molar-refractivity contribution >= 4 is 21.6 Å². The summed E-state index contributed by atoms with van der Waals surface area (Å²) in [5, 5.41) is 12.9. The Hall–Kier alpha value is -0.940. The van der Waals surface area contributed by atoms with E-state index in [1.165, 1.54) is 6.33 Å². The third-order valence-corrected chi connectivity index (χ3v) is 2.24. The van der Waals surface area contributed by atoms with E-state index in [0.717, 1.165) is 15.8 Å². The molecule has 1 N–H and O–H groups in total. The quantitative estimate of drug-likeness (QED) is 0.791. The van der Waals surface area contributed by atoms with Gasteiger partial charge < -0.3 is 5.11 Å². The normalized spacial score (nSPS) is 10.8. The summed E-state index contributed by atoms with van der Waals surface area (Å²) in [5.41, 5.74) is 1.45. The fourth-order valence-corrected chi connectivity index (χ4v) is 1.45. The maximum Gasteiger partial charge on any atom is 0.169 e. The first-order chi connectivity index (χ1) is 5.83. The van der Waals surface area contributed by atoms with Gasteiger partial charge in [0.15, 0.2) is 5.65 Å². The van der Waals surface area contributed by atoms with Gasteiger partial charge in [-0.25, -0.2) is 9.50 Å². The van der Waals surface area contributed by atoms with Crippen molar-refractivity contribution in [1.29, 1.82) is 0 Å². The van der Waals surface area contributed by atoms with Crippen LogP contribution in [-0.4, -0.2) is 19.7 Å². The summed E-state index contributed by atoms with van der Waals surface area (Å²) in [5.74, 6) is 0. The molecule has 2 rings (SSSR count). The van der Waals surface area contributed by atoms with Crippen LogP contribution >= 0.6 is 15.9 Å². The summed E-state index contributed by atoms with van der Waals surface area (Å²) in [7, 11) is 0. The number of hydrogen-bond donors (Lipinski definition) is 1. The van der Waals surface area contributed by atoms with Crippen molar-refractivity contribution in [3.8, 4) is 0 Å². The van der Waals surface area contributed by atoms with E-state index in [4.69, 9.17) is 5.11 Å². The number of aliphatic hydroxyl groups is 1. The first-order valence-electron chi connectivity index (χ1n) is 3.41. The molecular weight excluding hydrogens is 222 g/mol. The molecule has 0 saturated heterocycles. The number of aliphatic hydroxyl groups excluding tert-OH is 1. The minimum Gasteiger partial charge on any atom is -0.390 e. The van der Waals surface area contributed by atoms with Crippen LogP contribution in [0.3, 0.4) is 0 Å². The molecule has 0 fully saturated rings. The molecule has 4 nitrogen and oxygen atoms in total. The van der Waals surface area contributed by atoms with E-state index < -0.39 is 0 Å². The molecule has 0 amide bonds. The molecule has 0 aliphatic heterocycles. The van der Waals surface area contributed by atoms with Crippen molar-refractivity contribution in [1.82, 2.24) is 14.6 Å². The molecule has 12 heavy (non-hydrogen) atoms. The van der Waals surface area contributed by atoms with Crippen LogP contribution in [0.15, 0.2) is 22.9 Å². The molecule has 2 aromatic heterocycles. The fraction of sp³-hybridized carbons (Fsp3) is 0.143. The third-order valence-electron chi connectivity index (χ3n) is 1.62. The van der Waals surface area contributed by atoms with Crippen LogP contribution in [0.1, 0.15) is 5.69 Å². The van der Waals surface area contributed by atoms with Crippen molar-refractivity contribution in [2.75, 3.05) is 0 Å². The molecule has 0 bridgehead atoms. The Morgan fingerprint density at radius 3 is 3.08 bits per heavy atom. The molecule has 0 unspecified atom stereocenters. The fourth-order valence-electron chi connectivity index (χ4n) is 1.05. The van der Waals surface area contributed by atoms with Gasteiger partial charge in [0.05, 0.1) is 16.8 Å². The van der Waals surface area contributed by atoms with Crippen LogP contribution in [0.4, 0.5) is 0 Å². The topological polar surface area (TPSA) is 50.4 Å². The number of nitrogens with zero attached hydrogens (tertiary/aromatic N) is 3. The summed E-state index contributed by atoms with van der Waals surface area (Å²) < 4.78 is 2.47. The highest BCUT2D eigenvalue weighted by atomic mass is 79.9. The van der Waals surface area contributed by atoms with Crippen LogP contribution in [0, 0.1) is 0 Å². The van der Waals surface area contributed by atoms with Crippen molar-refractivity contribution in [2.24, 2.45) is 0 Å². The molecule has 62 valence electrons. The standard InChI is InChI=1S/C7H6BrN3O/c8-6-2-1-5(3-12)11-7(6)9-4-10-11/h1-2,4,12H,3H2. The molecule has 0 radical (unpaired) electrons. The Balaban J connectivity index is 2.82. The highest BCUT2D eigenvalue weighted by Gasteiger charge is 2.03. The van der Waals surface area contributed by atoms with E-state index in [9.17, 15) is 0 Å². The average molecular weight is 228 g/mol. The number of rotatable bonds is 1. The van der Waals surface area contributed by atoms with Gasteiger partial charge in [-0.3, -0.25) is 0 Å². The van der Waals surface area contributed by atoms with Gasteiger partial charge in [0, 0.05) is 0 Å². The third kappa shape index (κ3) is 1.02. The molecule has 5 heteroatoms. The first-order valence-corrected chi connectivity index (χ1v) is 4.20. The Labute approximate surface area is 77.0 Å². The van der Waals surface area contributed by atoms with E-state index in [-0.39, 0.29) is 6.61 Å². The van der Waals surface area contributed by atoms with E-state index >= 15 is 0 Å². The zero-order valence-electron chi connectivity index (χ0n) is 6.11. The van der Waals surface area contributed by atoms with E-state index in [0.29, 0.717) is 0 Å². The van der Waals surface area contributed by atoms with Gasteiger partial charge in [-0.15, -0.1) is 0 Å². The molecule has 0 aromatic carbocycles. The van der Waals surface area contributed by atoms with Crippen molar-refractivity contribution in [2.45, 2.75) is 6.61 Å². The predicted molar refractivity (Wildman–Crippen MR) is 46.6 cm³/mol. The largest absolute Gasteiger partial charge is 0.390 e. The van der Waals surface area contributed by atoms with Gasteiger partial charge in [-0.2, -0.15) is 5.10 Å². The van der Waals surface area contributed by atoms with E-state index in [2.05, 4.69) is 26.0 Å². The van der Waals surface area contributed by atoms with Crippen LogP contribution in [0.25, 0.3) is 5.65 Å². The number of fused-ring (bicyclic) bond motifs is 1. The maximum atomic E-state index is 8.94. The second-order valence-electron chi connectivity index (χ2n) is 2.33. The summed E-state index contributed by atoms with van der Waals surface area (Å²) in [6.45, 7) is -0.0346. The molecule has 0 aliphatic carbocycles. The Kier molecular flexibility index (Phi) is 1.82. The van der Waals surface area contributed by atoms with Gasteiger partial charge >= 0.3 is 0 Å². The lowest BCUT2D eigenvalue weighted by molar-refractivity contribution is 0.273. The average Bonchev–Trinajstić information content (AvgIpc) is 2.54. The molecular formula is C7H6BrN3O. The molecule has 0 aliphatic rings. The van der Waals surface area contributed by atoms with Crippen LogP contribution in [-0.2, 0) is 6.61 Å². The molecule has 0 atom stereocenters. The number of pyridine rings is 1. The minimum atomic E-state index is -0.0346. The van der Waals surface area contributed by atoms with Gasteiger partial charge in [0.25, 0.3) is 0 Å². The van der Waals surface area contributed by atoms with Crippen molar-refractivity contribution < 1.29 is 5.11 Å². The smallest absolute Gasteiger partial charge is 0.169 e. The summed E-state index contributed by atoms with van der Waals surface area (Å²) in [6.07, 6.45) is 1.46. The van der Waals surface area contributed by atoms with Gasteiger partial charge in [0.2, 0.25) is 0 Å². The van der Waals surface area contributed by atoms with E-state index in [1.807, 2.05) is 6.07 Å². The molecule has 2 aromatic rings. The SMILES string of the molecule is OCc1ccc(Br)c2ncnn12. The predicted octanol–water partition coefficient (Wildman–Crippen LogP) is 0.984. The second kappa shape index (κ2) is 2.84. The Morgan fingerprint density at radius 2 is 2.33 bits per heavy atom. The molecule has 2 heterocycles. The molecule has 0 spiro atoms. The van der Waals surface area contributed by atoms with E-state index in [1.54, 1.807) is 10.6 Å². The van der Waals surface area contributed by atoms with Crippen LogP contribution in [0.2, 0.25) is 0 Å². The second-order valence-corrected chi connectivity index (χ2v) is 3.18. The first kappa shape index (κ1) is 7.70. The van der Waals surface area contributed by atoms with Crippen LogP contribution < -0.4 is 0 Å². The maximum absolute atomic E-state index is 8.94. The lowest BCUT2D eigenvalue weighted by Crippen LogP contribution is -1.98. The summed E-state index contributed by atoms with van der Waals surface area (Å²) >= 11 is 3.33. The van der Waals surface area contributed by atoms with Gasteiger partial charge in [0.1, 0.15) is 6.33 Å². The Morgan fingerprint density at radius 1 is 1.50 bits per heavy atom. The number of halogens is 1. The van der Waals surface area contributed by atoms with Crippen LogP contribution in [0.5, 0.6) is 0 Å². The lowest BCUT2D eigenvalue weighted by Gasteiger charge is -2.00. The van der Waals surface area contributed by atoms with Gasteiger partial charge in [-0.05, 0) is 28.1 Å². The van der Waals surface area contributed by atoms with Crippen molar-refractivity contribution in [3.05, 3.63) is 28.6 Å².